The Hall–Kier alpha value is -1.44. The summed E-state index contributed by atoms with van der Waals surface area (Å²) in [6, 6.07) is 3.89. The molecule has 0 bridgehead atoms. The maximum absolute atomic E-state index is 4.27. The first-order valence-electron chi connectivity index (χ1n) is 4.36. The molecule has 1 aromatic heterocycles. The van der Waals surface area contributed by atoms with Gasteiger partial charge in [-0.2, -0.15) is 0 Å². The molecule has 0 aromatic carbocycles. The Balaban J connectivity index is 3.15. The van der Waals surface area contributed by atoms with Crippen LogP contribution in [0.25, 0.3) is 12.7 Å². The lowest BCUT2D eigenvalue weighted by atomic mass is 10.3. The summed E-state index contributed by atoms with van der Waals surface area (Å²) in [5.41, 5.74) is 1.01. The zero-order valence-electron chi connectivity index (χ0n) is 8.12. The van der Waals surface area contributed by atoms with Crippen LogP contribution in [0, 0.1) is 0 Å². The van der Waals surface area contributed by atoms with E-state index < -0.39 is 0 Å². The van der Waals surface area contributed by atoms with E-state index in [-0.39, 0.29) is 0 Å². The molecule has 0 aliphatic carbocycles. The first-order valence-corrected chi connectivity index (χ1v) is 4.36. The Kier molecular flexibility index (Phi) is 3.38. The number of rotatable bonds is 2. The Morgan fingerprint density at radius 3 is 3.08 bits per heavy atom. The first-order chi connectivity index (χ1) is 6.24. The number of hydrogen-bond donors (Lipinski definition) is 0. The summed E-state index contributed by atoms with van der Waals surface area (Å²) in [5.74, 6) is 0. The van der Waals surface area contributed by atoms with Crippen molar-refractivity contribution < 1.29 is 0 Å². The molecule has 2 nitrogen and oxygen atoms in total. The van der Waals surface area contributed by atoms with Crippen molar-refractivity contribution in [3.8, 4) is 0 Å². The van der Waals surface area contributed by atoms with Gasteiger partial charge in [-0.05, 0) is 26.0 Å². The highest BCUT2D eigenvalue weighted by atomic mass is 14.7. The molecule has 0 amide bonds. The summed E-state index contributed by atoms with van der Waals surface area (Å²) in [6.07, 6.45) is 3.74. The van der Waals surface area contributed by atoms with Gasteiger partial charge in [0, 0.05) is 23.7 Å². The molecule has 0 aliphatic heterocycles. The summed E-state index contributed by atoms with van der Waals surface area (Å²) in [5, 5.41) is 1.84. The molecule has 0 spiro atoms. The number of nitrogens with zero attached hydrogens (tertiary/aromatic N) is 2. The zero-order chi connectivity index (χ0) is 9.68. The summed E-state index contributed by atoms with van der Waals surface area (Å²) in [4.78, 5) is 8.36. The van der Waals surface area contributed by atoms with E-state index in [9.17, 15) is 0 Å². The van der Waals surface area contributed by atoms with E-state index in [0.29, 0.717) is 0 Å². The molecule has 1 rings (SSSR count). The molecular formula is C11H14N2. The third-order valence-electron chi connectivity index (χ3n) is 1.70. The van der Waals surface area contributed by atoms with Crippen molar-refractivity contribution in [1.29, 1.82) is 0 Å². The van der Waals surface area contributed by atoms with Crippen molar-refractivity contribution in [1.82, 2.24) is 4.98 Å². The molecule has 0 aliphatic rings. The molecule has 13 heavy (non-hydrogen) atoms. The van der Waals surface area contributed by atoms with Gasteiger partial charge in [0.1, 0.15) is 0 Å². The Morgan fingerprint density at radius 1 is 1.69 bits per heavy atom. The van der Waals surface area contributed by atoms with Gasteiger partial charge in [-0.1, -0.05) is 12.6 Å². The minimum atomic E-state index is 0.799. The predicted octanol–water partition coefficient (Wildman–Crippen LogP) is 0.753. The quantitative estimate of drug-likeness (QED) is 0.607. The smallest absolute Gasteiger partial charge is 0.0630 e. The fourth-order valence-corrected chi connectivity index (χ4v) is 1.10. The lowest BCUT2D eigenvalue weighted by molar-refractivity contribution is 1.13. The van der Waals surface area contributed by atoms with Gasteiger partial charge in [0.15, 0.2) is 0 Å². The lowest BCUT2D eigenvalue weighted by Crippen LogP contribution is -2.26. The highest BCUT2D eigenvalue weighted by molar-refractivity contribution is 6.08. The van der Waals surface area contributed by atoms with Gasteiger partial charge >= 0.3 is 0 Å². The first kappa shape index (κ1) is 9.65. The summed E-state index contributed by atoms with van der Waals surface area (Å²) in [7, 11) is 0. The van der Waals surface area contributed by atoms with E-state index >= 15 is 0 Å². The van der Waals surface area contributed by atoms with Gasteiger partial charge in [0.2, 0.25) is 0 Å². The van der Waals surface area contributed by atoms with E-state index in [0.717, 1.165) is 22.8 Å². The zero-order valence-corrected chi connectivity index (χ0v) is 8.12. The fourth-order valence-electron chi connectivity index (χ4n) is 1.10. The molecule has 0 saturated heterocycles. The highest BCUT2D eigenvalue weighted by Gasteiger charge is 1.84. The average Bonchev–Trinajstić information content (AvgIpc) is 2.09. The van der Waals surface area contributed by atoms with Crippen molar-refractivity contribution in [2.24, 2.45) is 4.99 Å². The van der Waals surface area contributed by atoms with E-state index in [1.165, 1.54) is 0 Å². The van der Waals surface area contributed by atoms with Crippen LogP contribution < -0.4 is 10.6 Å². The molecule has 0 radical (unpaired) electrons. The topological polar surface area (TPSA) is 25.2 Å². The fraction of sp³-hybridized carbons (Fsp3) is 0.273. The number of aliphatic imine (C=N–C) groups is 1. The molecule has 1 aromatic rings. The van der Waals surface area contributed by atoms with Crippen molar-refractivity contribution in [2.45, 2.75) is 13.8 Å². The van der Waals surface area contributed by atoms with E-state index in [4.69, 9.17) is 0 Å². The molecule has 0 N–H and O–H groups in total. The van der Waals surface area contributed by atoms with Crippen LogP contribution in [0.4, 0.5) is 0 Å². The summed E-state index contributed by atoms with van der Waals surface area (Å²) >= 11 is 0. The van der Waals surface area contributed by atoms with Crippen molar-refractivity contribution in [3.63, 3.8) is 0 Å². The predicted molar refractivity (Wildman–Crippen MR) is 57.1 cm³/mol. The molecule has 0 saturated carbocycles. The second kappa shape index (κ2) is 4.55. The minimum Gasteiger partial charge on any atom is -0.290 e. The molecule has 1 heterocycles. The van der Waals surface area contributed by atoms with Gasteiger partial charge in [0.25, 0.3) is 0 Å². The summed E-state index contributed by atoms with van der Waals surface area (Å²) < 4.78 is 0. The van der Waals surface area contributed by atoms with Crippen LogP contribution in [0.3, 0.4) is 0 Å². The van der Waals surface area contributed by atoms with Crippen LogP contribution in [0.1, 0.15) is 13.8 Å². The van der Waals surface area contributed by atoms with Crippen LogP contribution in [0.15, 0.2) is 23.3 Å². The minimum absolute atomic E-state index is 0.799. The molecule has 2 heteroatoms. The van der Waals surface area contributed by atoms with Crippen molar-refractivity contribution in [2.75, 3.05) is 6.54 Å². The van der Waals surface area contributed by atoms with Crippen LogP contribution in [-0.4, -0.2) is 17.2 Å². The van der Waals surface area contributed by atoms with Crippen LogP contribution in [0.5, 0.6) is 0 Å². The maximum atomic E-state index is 4.27. The van der Waals surface area contributed by atoms with Gasteiger partial charge in [-0.15, -0.1) is 0 Å². The second-order valence-electron chi connectivity index (χ2n) is 2.80. The van der Waals surface area contributed by atoms with Gasteiger partial charge in [0.05, 0.1) is 5.35 Å². The van der Waals surface area contributed by atoms with Gasteiger partial charge < -0.3 is 0 Å². The number of aromatic nitrogens is 1. The molecule has 0 fully saturated rings. The van der Waals surface area contributed by atoms with Crippen molar-refractivity contribution in [3.05, 3.63) is 28.9 Å². The maximum Gasteiger partial charge on any atom is 0.0630 e. The van der Waals surface area contributed by atoms with E-state index in [1.807, 2.05) is 32.1 Å². The largest absolute Gasteiger partial charge is 0.290 e. The van der Waals surface area contributed by atoms with Gasteiger partial charge in [-0.3, -0.25) is 9.98 Å². The highest BCUT2D eigenvalue weighted by Crippen LogP contribution is 1.78. The third kappa shape index (κ3) is 2.82. The second-order valence-corrected chi connectivity index (χ2v) is 2.80. The Morgan fingerprint density at radius 2 is 2.46 bits per heavy atom. The normalized spacial score (nSPS) is 13.4. The van der Waals surface area contributed by atoms with E-state index in [2.05, 4.69) is 16.6 Å². The Labute approximate surface area is 78.4 Å². The summed E-state index contributed by atoms with van der Waals surface area (Å²) in [6.45, 7) is 8.65. The average molecular weight is 174 g/mol. The van der Waals surface area contributed by atoms with Crippen LogP contribution in [-0.2, 0) is 0 Å². The van der Waals surface area contributed by atoms with Crippen LogP contribution >= 0.6 is 0 Å². The molecule has 0 unspecified atom stereocenters. The molecular weight excluding hydrogens is 160 g/mol. The van der Waals surface area contributed by atoms with Crippen LogP contribution in [0.2, 0.25) is 0 Å². The molecule has 68 valence electrons. The third-order valence-corrected chi connectivity index (χ3v) is 1.70. The SMILES string of the molecule is C=c1nccc/c1=C/C(C)=NCC. The van der Waals surface area contributed by atoms with Gasteiger partial charge in [-0.25, -0.2) is 0 Å². The number of hydrogen-bond acceptors (Lipinski definition) is 2. The standard InChI is InChI=1S/C11H14N2/c1-4-12-9(2)8-11-6-5-7-13-10(11)3/h5-8H,3-4H2,1-2H3/b11-8-,12-9?. The van der Waals surface area contributed by atoms with E-state index in [1.54, 1.807) is 6.20 Å². The Bertz CT molecular complexity index is 404. The van der Waals surface area contributed by atoms with Crippen molar-refractivity contribution >= 4 is 18.4 Å². The number of pyridine rings is 1. The monoisotopic (exact) mass is 174 g/mol. The lowest BCUT2D eigenvalue weighted by Gasteiger charge is -1.90. The molecule has 0 atom stereocenters.